The fraction of sp³-hybridized carbons (Fsp3) is 0.667. The first-order valence-electron chi connectivity index (χ1n) is 8.44. The predicted octanol–water partition coefficient (Wildman–Crippen LogP) is 4.38. The number of aromatic nitrogens is 1. The molecule has 0 bridgehead atoms. The van der Waals surface area contributed by atoms with Crippen molar-refractivity contribution in [1.29, 1.82) is 0 Å². The molecule has 2 amide bonds. The van der Waals surface area contributed by atoms with Crippen molar-refractivity contribution >= 4 is 35.9 Å². The number of nitrogens with zero attached hydrogens (tertiary/aromatic N) is 4. The molecule has 0 N–H and O–H groups in total. The Bertz CT molecular complexity index is 545. The van der Waals surface area contributed by atoms with Crippen LogP contribution in [-0.2, 0) is 0 Å². The number of rotatable bonds is 6. The fourth-order valence-electron chi connectivity index (χ4n) is 2.81. The number of hydrogen-bond donors (Lipinski definition) is 0. The van der Waals surface area contributed by atoms with Crippen LogP contribution in [-0.4, -0.2) is 60.1 Å². The third-order valence-electron chi connectivity index (χ3n) is 4.09. The first kappa shape index (κ1) is 24.0. The quantitative estimate of drug-likeness (QED) is 0.723. The van der Waals surface area contributed by atoms with Gasteiger partial charge in [-0.05, 0) is 53.2 Å². The van der Waals surface area contributed by atoms with E-state index in [4.69, 9.17) is 11.6 Å². The van der Waals surface area contributed by atoms with E-state index in [1.54, 1.807) is 23.9 Å². The van der Waals surface area contributed by atoms with Crippen LogP contribution in [0.15, 0.2) is 6.07 Å². The molecule has 0 saturated carbocycles. The highest BCUT2D eigenvalue weighted by molar-refractivity contribution is 6.32. The lowest BCUT2D eigenvalue weighted by atomic mass is 10.2. The van der Waals surface area contributed by atoms with Crippen molar-refractivity contribution in [2.75, 3.05) is 32.1 Å². The molecule has 1 rings (SSSR count). The van der Waals surface area contributed by atoms with E-state index in [1.807, 2.05) is 19.9 Å². The lowest BCUT2D eigenvalue weighted by molar-refractivity contribution is 0.177. The summed E-state index contributed by atoms with van der Waals surface area (Å²) < 4.78 is 0. The van der Waals surface area contributed by atoms with E-state index >= 15 is 0 Å². The van der Waals surface area contributed by atoms with Gasteiger partial charge in [0.1, 0.15) is 5.82 Å². The van der Waals surface area contributed by atoms with Gasteiger partial charge in [0, 0.05) is 39.3 Å². The van der Waals surface area contributed by atoms with Gasteiger partial charge < -0.3 is 4.90 Å². The molecule has 0 saturated heterocycles. The number of halogens is 2. The number of carbonyl (C=O) groups is 1. The van der Waals surface area contributed by atoms with E-state index in [0.29, 0.717) is 29.5 Å². The lowest BCUT2D eigenvalue weighted by Gasteiger charge is -2.33. The zero-order valence-electron chi connectivity index (χ0n) is 16.6. The highest BCUT2D eigenvalue weighted by Gasteiger charge is 2.22. The highest BCUT2D eigenvalue weighted by atomic mass is 35.5. The summed E-state index contributed by atoms with van der Waals surface area (Å²) in [5.74, 6) is 0.653. The second-order valence-corrected chi connectivity index (χ2v) is 7.33. The van der Waals surface area contributed by atoms with Crippen molar-refractivity contribution < 1.29 is 4.79 Å². The monoisotopic (exact) mass is 390 g/mol. The maximum absolute atomic E-state index is 12.7. The zero-order valence-corrected chi connectivity index (χ0v) is 18.2. The molecule has 0 aliphatic heterocycles. The van der Waals surface area contributed by atoms with Crippen molar-refractivity contribution in [3.63, 3.8) is 0 Å². The number of anilines is 1. The smallest absolute Gasteiger partial charge is 0.325 e. The molecule has 0 atom stereocenters. The van der Waals surface area contributed by atoms with Gasteiger partial charge in [0.25, 0.3) is 0 Å². The molecule has 0 aliphatic rings. The van der Waals surface area contributed by atoms with Crippen LogP contribution in [0.25, 0.3) is 0 Å². The number of carbonyl (C=O) groups excluding carboxylic acids is 1. The van der Waals surface area contributed by atoms with Gasteiger partial charge in [-0.15, -0.1) is 12.4 Å². The Labute approximate surface area is 163 Å². The molecule has 0 spiro atoms. The van der Waals surface area contributed by atoms with E-state index in [0.717, 1.165) is 17.8 Å². The summed E-state index contributed by atoms with van der Waals surface area (Å²) in [7, 11) is 3.52. The minimum Gasteiger partial charge on any atom is -0.330 e. The van der Waals surface area contributed by atoms with Crippen molar-refractivity contribution in [1.82, 2.24) is 14.8 Å². The topological polar surface area (TPSA) is 39.7 Å². The minimum atomic E-state index is -0.0731. The molecule has 1 aromatic heterocycles. The second kappa shape index (κ2) is 10.2. The van der Waals surface area contributed by atoms with Crippen molar-refractivity contribution in [2.45, 2.75) is 53.6 Å². The van der Waals surface area contributed by atoms with Gasteiger partial charge in [0.15, 0.2) is 0 Å². The largest absolute Gasteiger partial charge is 0.330 e. The Morgan fingerprint density at radius 1 is 1.12 bits per heavy atom. The normalized spacial score (nSPS) is 11.0. The number of aryl methyl sites for hydroxylation is 2. The average molecular weight is 391 g/mol. The number of amides is 2. The molecule has 1 heterocycles. The summed E-state index contributed by atoms with van der Waals surface area (Å²) in [5, 5.41) is 0.655. The summed E-state index contributed by atoms with van der Waals surface area (Å²) in [6, 6.07) is 2.65. The van der Waals surface area contributed by atoms with Crippen LogP contribution in [0.4, 0.5) is 10.6 Å². The summed E-state index contributed by atoms with van der Waals surface area (Å²) in [6.07, 6.45) is 0. The first-order chi connectivity index (χ1) is 11.1. The maximum Gasteiger partial charge on any atom is 0.325 e. The molecular weight excluding hydrogens is 359 g/mol. The summed E-state index contributed by atoms with van der Waals surface area (Å²) in [5.41, 5.74) is 1.67. The van der Waals surface area contributed by atoms with Crippen LogP contribution in [0, 0.1) is 13.8 Å². The Morgan fingerprint density at radius 2 is 1.64 bits per heavy atom. The molecule has 5 nitrogen and oxygen atoms in total. The van der Waals surface area contributed by atoms with Gasteiger partial charge in [-0.1, -0.05) is 11.6 Å². The van der Waals surface area contributed by atoms with Crippen molar-refractivity contribution in [3.8, 4) is 0 Å². The molecule has 0 radical (unpaired) electrons. The Kier molecular flexibility index (Phi) is 9.77. The van der Waals surface area contributed by atoms with Crippen molar-refractivity contribution in [2.24, 2.45) is 0 Å². The summed E-state index contributed by atoms with van der Waals surface area (Å²) >= 11 is 6.22. The molecule has 1 aromatic rings. The Morgan fingerprint density at radius 3 is 2.04 bits per heavy atom. The second-order valence-electron chi connectivity index (χ2n) is 6.95. The zero-order chi connectivity index (χ0) is 18.6. The maximum atomic E-state index is 12.7. The molecule has 144 valence electrons. The minimum absolute atomic E-state index is 0. The molecule has 0 aliphatic carbocycles. The fourth-order valence-corrected chi connectivity index (χ4v) is 2.91. The highest BCUT2D eigenvalue weighted by Crippen LogP contribution is 2.24. The summed E-state index contributed by atoms with van der Waals surface area (Å²) in [4.78, 5) is 22.9. The standard InChI is InChI=1S/C18H31ClN4O.ClH/c1-12(2)22(13(3)4)9-10-23(18(24)21(7)8)16-11-14(5)17(19)15(6)20-16;/h11-13H,9-10H2,1-8H3;1H. The Balaban J connectivity index is 0.00000576. The van der Waals surface area contributed by atoms with Gasteiger partial charge in [-0.2, -0.15) is 0 Å². The third-order valence-corrected chi connectivity index (χ3v) is 4.66. The van der Waals surface area contributed by atoms with Gasteiger partial charge >= 0.3 is 6.03 Å². The molecule has 0 unspecified atom stereocenters. The molecular formula is C18H32Cl2N4O. The van der Waals surface area contributed by atoms with Crippen LogP contribution < -0.4 is 4.90 Å². The van der Waals surface area contributed by atoms with E-state index in [2.05, 4.69) is 37.6 Å². The van der Waals surface area contributed by atoms with Crippen LogP contribution in [0.2, 0.25) is 5.02 Å². The SMILES string of the molecule is Cc1cc(N(CCN(C(C)C)C(C)C)C(=O)N(C)C)nc(C)c1Cl.Cl. The van der Waals surface area contributed by atoms with Crippen LogP contribution >= 0.6 is 24.0 Å². The molecule has 7 heteroatoms. The van der Waals surface area contributed by atoms with Crippen LogP contribution in [0.3, 0.4) is 0 Å². The molecule has 25 heavy (non-hydrogen) atoms. The third kappa shape index (κ3) is 6.32. The molecule has 0 aromatic carbocycles. The van der Waals surface area contributed by atoms with E-state index in [9.17, 15) is 4.79 Å². The first-order valence-corrected chi connectivity index (χ1v) is 8.82. The average Bonchev–Trinajstić information content (AvgIpc) is 2.47. The van der Waals surface area contributed by atoms with Crippen LogP contribution in [0.5, 0.6) is 0 Å². The van der Waals surface area contributed by atoms with E-state index in [-0.39, 0.29) is 18.4 Å². The Hall–Kier alpha value is -1.04. The number of hydrogen-bond acceptors (Lipinski definition) is 3. The molecule has 0 fully saturated rings. The summed E-state index contributed by atoms with van der Waals surface area (Å²) in [6.45, 7) is 13.9. The van der Waals surface area contributed by atoms with Gasteiger partial charge in [-0.3, -0.25) is 9.80 Å². The predicted molar refractivity (Wildman–Crippen MR) is 109 cm³/mol. The van der Waals surface area contributed by atoms with Gasteiger partial charge in [0.05, 0.1) is 10.7 Å². The van der Waals surface area contributed by atoms with E-state index < -0.39 is 0 Å². The van der Waals surface area contributed by atoms with E-state index in [1.165, 1.54) is 0 Å². The van der Waals surface area contributed by atoms with Gasteiger partial charge in [0.2, 0.25) is 0 Å². The number of pyridine rings is 1. The lowest BCUT2D eigenvalue weighted by Crippen LogP contribution is -2.47. The van der Waals surface area contributed by atoms with Crippen LogP contribution in [0.1, 0.15) is 39.0 Å². The van der Waals surface area contributed by atoms with Crippen molar-refractivity contribution in [3.05, 3.63) is 22.3 Å². The number of urea groups is 1. The van der Waals surface area contributed by atoms with Gasteiger partial charge in [-0.25, -0.2) is 9.78 Å².